The Labute approximate surface area is 145 Å². The first-order chi connectivity index (χ1) is 12.0. The van der Waals surface area contributed by atoms with Crippen LogP contribution >= 0.6 is 0 Å². The molecule has 3 aromatic rings. The van der Waals surface area contributed by atoms with Crippen LogP contribution in [-0.4, -0.2) is 16.4 Å². The first-order valence-corrected chi connectivity index (χ1v) is 7.88. The van der Waals surface area contributed by atoms with Crippen molar-refractivity contribution in [2.24, 2.45) is 0 Å². The second-order valence-electron chi connectivity index (χ2n) is 5.80. The molecule has 3 rings (SSSR count). The highest BCUT2D eigenvalue weighted by Crippen LogP contribution is 2.20. The molecule has 0 unspecified atom stereocenters. The van der Waals surface area contributed by atoms with Crippen LogP contribution in [0.1, 0.15) is 37.9 Å². The molecular weight excluding hydrogens is 318 g/mol. The number of rotatable bonds is 3. The Morgan fingerprint density at radius 3 is 2.28 bits per heavy atom. The fourth-order valence-corrected chi connectivity index (χ4v) is 2.81. The number of amides is 2. The minimum Gasteiger partial charge on any atom is -0.459 e. The normalized spacial score (nSPS) is 10.5. The summed E-state index contributed by atoms with van der Waals surface area (Å²) >= 11 is 0. The second-order valence-corrected chi connectivity index (χ2v) is 5.80. The zero-order valence-corrected chi connectivity index (χ0v) is 14.3. The summed E-state index contributed by atoms with van der Waals surface area (Å²) in [5.41, 5.74) is 8.72. The van der Waals surface area contributed by atoms with Gasteiger partial charge in [0.2, 0.25) is 0 Å². The van der Waals surface area contributed by atoms with Crippen LogP contribution < -0.4 is 10.9 Å². The lowest BCUT2D eigenvalue weighted by molar-refractivity contribution is 0.0830. The summed E-state index contributed by atoms with van der Waals surface area (Å²) in [6.07, 6.45) is 1.43. The molecule has 0 aliphatic rings. The Morgan fingerprint density at radius 2 is 1.64 bits per heavy atom. The van der Waals surface area contributed by atoms with Gasteiger partial charge in [-0.3, -0.25) is 20.4 Å². The van der Waals surface area contributed by atoms with Gasteiger partial charge in [-0.1, -0.05) is 18.2 Å². The van der Waals surface area contributed by atoms with Crippen molar-refractivity contribution in [3.05, 3.63) is 77.0 Å². The van der Waals surface area contributed by atoms with Crippen molar-refractivity contribution in [1.29, 1.82) is 0 Å². The number of carbonyl (C=O) groups excluding carboxylic acids is 2. The lowest BCUT2D eigenvalue weighted by atomic mass is 10.2. The lowest BCUT2D eigenvalue weighted by Crippen LogP contribution is -2.41. The SMILES string of the molecule is Cc1ccoc1C(=O)NNC(=O)c1cc(C)n(-c2ccccc2)c1C. The molecule has 0 aliphatic carbocycles. The average molecular weight is 337 g/mol. The highest BCUT2D eigenvalue weighted by molar-refractivity contribution is 5.99. The molecule has 1 aromatic carbocycles. The molecule has 0 radical (unpaired) electrons. The molecule has 6 nitrogen and oxygen atoms in total. The maximum atomic E-state index is 12.5. The summed E-state index contributed by atoms with van der Waals surface area (Å²) in [7, 11) is 0. The number of aromatic nitrogens is 1. The summed E-state index contributed by atoms with van der Waals surface area (Å²) in [5.74, 6) is -0.699. The molecule has 0 spiro atoms. The van der Waals surface area contributed by atoms with E-state index in [-0.39, 0.29) is 11.7 Å². The Kier molecular flexibility index (Phi) is 4.43. The fraction of sp³-hybridized carbons (Fsp3) is 0.158. The third-order valence-corrected chi connectivity index (χ3v) is 4.05. The van der Waals surface area contributed by atoms with E-state index in [9.17, 15) is 9.59 Å². The van der Waals surface area contributed by atoms with Gasteiger partial charge in [0.1, 0.15) is 0 Å². The third kappa shape index (κ3) is 3.19. The minimum absolute atomic E-state index is 0.176. The monoisotopic (exact) mass is 337 g/mol. The first kappa shape index (κ1) is 16.6. The number of hydrazine groups is 1. The van der Waals surface area contributed by atoms with Gasteiger partial charge in [0.25, 0.3) is 5.91 Å². The molecule has 25 heavy (non-hydrogen) atoms. The van der Waals surface area contributed by atoms with Gasteiger partial charge >= 0.3 is 5.91 Å². The number of aryl methyl sites for hydroxylation is 2. The van der Waals surface area contributed by atoms with E-state index >= 15 is 0 Å². The maximum Gasteiger partial charge on any atom is 0.305 e. The Morgan fingerprint density at radius 1 is 0.960 bits per heavy atom. The van der Waals surface area contributed by atoms with Gasteiger partial charge in [-0.15, -0.1) is 0 Å². The van der Waals surface area contributed by atoms with Gasteiger partial charge in [-0.05, 0) is 45.0 Å². The van der Waals surface area contributed by atoms with Crippen molar-refractivity contribution in [1.82, 2.24) is 15.4 Å². The molecule has 6 heteroatoms. The van der Waals surface area contributed by atoms with E-state index < -0.39 is 5.91 Å². The quantitative estimate of drug-likeness (QED) is 0.721. The maximum absolute atomic E-state index is 12.5. The van der Waals surface area contributed by atoms with E-state index in [0.29, 0.717) is 11.1 Å². The molecular formula is C19H19N3O3. The largest absolute Gasteiger partial charge is 0.459 e. The molecule has 0 fully saturated rings. The molecule has 128 valence electrons. The van der Waals surface area contributed by atoms with E-state index in [1.165, 1.54) is 6.26 Å². The first-order valence-electron chi connectivity index (χ1n) is 7.88. The van der Waals surface area contributed by atoms with E-state index in [1.54, 1.807) is 19.1 Å². The van der Waals surface area contributed by atoms with E-state index in [1.807, 2.05) is 48.7 Å². The molecule has 2 N–H and O–H groups in total. The van der Waals surface area contributed by atoms with Crippen LogP contribution in [0.5, 0.6) is 0 Å². The highest BCUT2D eigenvalue weighted by Gasteiger charge is 2.18. The van der Waals surface area contributed by atoms with Crippen LogP contribution in [0.25, 0.3) is 5.69 Å². The van der Waals surface area contributed by atoms with Gasteiger partial charge < -0.3 is 8.98 Å². The van der Waals surface area contributed by atoms with Crippen LogP contribution in [0.4, 0.5) is 0 Å². The van der Waals surface area contributed by atoms with Gasteiger partial charge in [0, 0.05) is 22.6 Å². The summed E-state index contributed by atoms with van der Waals surface area (Å²) in [6.45, 7) is 5.56. The van der Waals surface area contributed by atoms with Gasteiger partial charge in [0.05, 0.1) is 11.8 Å². The number of nitrogens with one attached hydrogen (secondary N) is 2. The van der Waals surface area contributed by atoms with Gasteiger partial charge in [0.15, 0.2) is 5.76 Å². The van der Waals surface area contributed by atoms with Crippen LogP contribution in [0, 0.1) is 20.8 Å². The van der Waals surface area contributed by atoms with Crippen molar-refractivity contribution in [3.8, 4) is 5.69 Å². The zero-order chi connectivity index (χ0) is 18.0. The fourth-order valence-electron chi connectivity index (χ4n) is 2.81. The van der Waals surface area contributed by atoms with Crippen molar-refractivity contribution in [2.75, 3.05) is 0 Å². The standard InChI is InChI=1S/C19H19N3O3/c1-12-9-10-25-17(12)19(24)21-20-18(23)16-11-13(2)22(14(16)3)15-7-5-4-6-8-15/h4-11H,1-3H3,(H,20,23)(H,21,24). The highest BCUT2D eigenvalue weighted by atomic mass is 16.3. The predicted octanol–water partition coefficient (Wildman–Crippen LogP) is 3.07. The minimum atomic E-state index is -0.493. The van der Waals surface area contributed by atoms with Crippen molar-refractivity contribution in [2.45, 2.75) is 20.8 Å². The summed E-state index contributed by atoms with van der Waals surface area (Å²) in [5, 5.41) is 0. The Hall–Kier alpha value is -3.28. The summed E-state index contributed by atoms with van der Waals surface area (Å²) in [4.78, 5) is 24.5. The Balaban J connectivity index is 1.77. The Bertz CT molecular complexity index is 923. The van der Waals surface area contributed by atoms with Crippen molar-refractivity contribution < 1.29 is 14.0 Å². The molecule has 0 saturated carbocycles. The molecule has 0 bridgehead atoms. The number of benzene rings is 1. The number of hydrogen-bond donors (Lipinski definition) is 2. The molecule has 0 atom stereocenters. The number of hydrogen-bond acceptors (Lipinski definition) is 3. The van der Waals surface area contributed by atoms with Crippen LogP contribution in [-0.2, 0) is 0 Å². The zero-order valence-electron chi connectivity index (χ0n) is 14.3. The topological polar surface area (TPSA) is 76.3 Å². The third-order valence-electron chi connectivity index (χ3n) is 4.05. The second kappa shape index (κ2) is 6.68. The smallest absolute Gasteiger partial charge is 0.305 e. The van der Waals surface area contributed by atoms with Gasteiger partial charge in [-0.25, -0.2) is 0 Å². The number of nitrogens with zero attached hydrogens (tertiary/aromatic N) is 1. The lowest BCUT2D eigenvalue weighted by Gasteiger charge is -2.10. The van der Waals surface area contributed by atoms with Crippen LogP contribution in [0.2, 0.25) is 0 Å². The number of para-hydroxylation sites is 1. The molecule has 2 heterocycles. The van der Waals surface area contributed by atoms with E-state index in [2.05, 4.69) is 10.9 Å². The number of carbonyl (C=O) groups is 2. The van der Waals surface area contributed by atoms with Crippen LogP contribution in [0.15, 0.2) is 53.1 Å². The summed E-state index contributed by atoms with van der Waals surface area (Å²) < 4.78 is 7.09. The van der Waals surface area contributed by atoms with Gasteiger partial charge in [-0.2, -0.15) is 0 Å². The van der Waals surface area contributed by atoms with E-state index in [0.717, 1.165) is 17.1 Å². The molecule has 2 amide bonds. The molecule has 2 aromatic heterocycles. The summed E-state index contributed by atoms with van der Waals surface area (Å²) in [6, 6.07) is 13.3. The predicted molar refractivity (Wildman–Crippen MR) is 93.6 cm³/mol. The average Bonchev–Trinajstić information content (AvgIpc) is 3.16. The van der Waals surface area contributed by atoms with Crippen LogP contribution in [0.3, 0.4) is 0 Å². The van der Waals surface area contributed by atoms with Crippen molar-refractivity contribution in [3.63, 3.8) is 0 Å². The van der Waals surface area contributed by atoms with Crippen molar-refractivity contribution >= 4 is 11.8 Å². The molecule has 0 saturated heterocycles. The number of furan rings is 1. The van der Waals surface area contributed by atoms with E-state index in [4.69, 9.17) is 4.42 Å². The molecule has 0 aliphatic heterocycles.